The van der Waals surface area contributed by atoms with Crippen LogP contribution in [-0.2, 0) is 9.59 Å². The third kappa shape index (κ3) is 2.41. The van der Waals surface area contributed by atoms with E-state index in [4.69, 9.17) is 5.11 Å². The highest BCUT2D eigenvalue weighted by Gasteiger charge is 2.28. The predicted molar refractivity (Wildman–Crippen MR) is 58.1 cm³/mol. The molecule has 1 aromatic rings. The van der Waals surface area contributed by atoms with Crippen LogP contribution in [0.1, 0.15) is 6.42 Å². The number of hydrogen-bond donors (Lipinski definition) is 2. The Balaban J connectivity index is 2.11. The summed E-state index contributed by atoms with van der Waals surface area (Å²) in [7, 11) is 0. The van der Waals surface area contributed by atoms with Crippen molar-refractivity contribution in [1.29, 1.82) is 0 Å². The highest BCUT2D eigenvalue weighted by atomic mass is 16.5. The fourth-order valence-electron chi connectivity index (χ4n) is 1.59. The lowest BCUT2D eigenvalue weighted by molar-refractivity contribution is -0.134. The van der Waals surface area contributed by atoms with Crippen LogP contribution in [0.3, 0.4) is 0 Å². The molecule has 0 aliphatic heterocycles. The zero-order valence-electron chi connectivity index (χ0n) is 8.79. The number of amides is 1. The van der Waals surface area contributed by atoms with Gasteiger partial charge in [-0.25, -0.2) is 4.79 Å². The lowest BCUT2D eigenvalue weighted by atomic mass is 9.91. The van der Waals surface area contributed by atoms with Crippen LogP contribution in [0.4, 0.5) is 5.82 Å². The van der Waals surface area contributed by atoms with Crippen molar-refractivity contribution in [3.63, 3.8) is 0 Å². The summed E-state index contributed by atoms with van der Waals surface area (Å²) < 4.78 is 4.57. The van der Waals surface area contributed by atoms with E-state index in [2.05, 4.69) is 15.0 Å². The lowest BCUT2D eigenvalue weighted by Crippen LogP contribution is -2.28. The number of aliphatic carboxylic acids is 1. The molecular formula is C11H10N2O4. The van der Waals surface area contributed by atoms with Crippen LogP contribution in [0.5, 0.6) is 0 Å². The van der Waals surface area contributed by atoms with Gasteiger partial charge >= 0.3 is 5.97 Å². The van der Waals surface area contributed by atoms with Gasteiger partial charge in [-0.3, -0.25) is 4.79 Å². The number of rotatable bonds is 3. The van der Waals surface area contributed by atoms with E-state index in [1.54, 1.807) is 12.2 Å². The Labute approximate surface area is 96.6 Å². The molecule has 0 saturated carbocycles. The number of anilines is 1. The maximum Gasteiger partial charge on any atom is 0.332 e. The quantitative estimate of drug-likeness (QED) is 0.819. The normalized spacial score (nSPS) is 18.6. The zero-order valence-corrected chi connectivity index (χ0v) is 8.79. The molecule has 0 spiro atoms. The van der Waals surface area contributed by atoms with Gasteiger partial charge in [-0.1, -0.05) is 23.4 Å². The molecule has 0 aromatic carbocycles. The number of carboxylic acid groups (broad SMARTS) is 1. The number of nitrogens with one attached hydrogen (secondary N) is 1. The summed E-state index contributed by atoms with van der Waals surface area (Å²) in [6.45, 7) is 0. The first-order valence-corrected chi connectivity index (χ1v) is 4.99. The van der Waals surface area contributed by atoms with E-state index < -0.39 is 17.8 Å². The molecule has 0 radical (unpaired) electrons. The van der Waals surface area contributed by atoms with Crippen molar-refractivity contribution in [1.82, 2.24) is 5.16 Å². The first-order valence-electron chi connectivity index (χ1n) is 4.99. The van der Waals surface area contributed by atoms with Crippen molar-refractivity contribution in [2.45, 2.75) is 6.42 Å². The van der Waals surface area contributed by atoms with E-state index >= 15 is 0 Å². The van der Waals surface area contributed by atoms with Gasteiger partial charge in [-0.2, -0.15) is 0 Å². The van der Waals surface area contributed by atoms with Crippen molar-refractivity contribution in [2.24, 2.45) is 5.92 Å². The second kappa shape index (κ2) is 4.65. The lowest BCUT2D eigenvalue weighted by Gasteiger charge is -2.16. The number of carbonyl (C=O) groups is 2. The molecule has 1 heterocycles. The molecule has 0 saturated heterocycles. The monoisotopic (exact) mass is 234 g/mol. The summed E-state index contributed by atoms with van der Waals surface area (Å²) in [6.07, 6.45) is 6.49. The van der Waals surface area contributed by atoms with E-state index in [0.29, 0.717) is 6.42 Å². The van der Waals surface area contributed by atoms with Crippen LogP contribution in [0, 0.1) is 5.92 Å². The minimum Gasteiger partial charge on any atom is -0.478 e. The topological polar surface area (TPSA) is 92.4 Å². The molecule has 88 valence electrons. The second-order valence-electron chi connectivity index (χ2n) is 3.52. The largest absolute Gasteiger partial charge is 0.478 e. The average Bonchev–Trinajstić information content (AvgIpc) is 2.81. The minimum atomic E-state index is -1.09. The number of allylic oxidation sites excluding steroid dienone is 3. The standard InChI is InChI=1S/C11H10N2O4/c14-10(12-9-5-6-17-13-9)7-3-1-2-4-8(7)11(15)16/h1-2,4-7H,3H2,(H,15,16)(H,12,13,14). The van der Waals surface area contributed by atoms with Gasteiger partial charge in [0, 0.05) is 11.6 Å². The molecular weight excluding hydrogens is 224 g/mol. The second-order valence-corrected chi connectivity index (χ2v) is 3.52. The van der Waals surface area contributed by atoms with Crippen LogP contribution in [0.15, 0.2) is 40.7 Å². The van der Waals surface area contributed by atoms with Crippen LogP contribution in [0.2, 0.25) is 0 Å². The van der Waals surface area contributed by atoms with Gasteiger partial charge in [0.1, 0.15) is 6.26 Å². The van der Waals surface area contributed by atoms with Crippen molar-refractivity contribution < 1.29 is 19.2 Å². The fraction of sp³-hybridized carbons (Fsp3) is 0.182. The molecule has 2 N–H and O–H groups in total. The highest BCUT2D eigenvalue weighted by molar-refractivity contribution is 6.01. The summed E-state index contributed by atoms with van der Waals surface area (Å²) >= 11 is 0. The van der Waals surface area contributed by atoms with Gasteiger partial charge in [0.25, 0.3) is 0 Å². The average molecular weight is 234 g/mol. The van der Waals surface area contributed by atoms with Crippen molar-refractivity contribution in [3.8, 4) is 0 Å². The maximum absolute atomic E-state index is 11.8. The molecule has 0 fully saturated rings. The summed E-state index contributed by atoms with van der Waals surface area (Å²) in [5, 5.41) is 15.0. The fourth-order valence-corrected chi connectivity index (χ4v) is 1.59. The number of carboxylic acids is 1. The molecule has 1 amide bonds. The van der Waals surface area contributed by atoms with E-state index in [0.717, 1.165) is 0 Å². The smallest absolute Gasteiger partial charge is 0.332 e. The Morgan fingerprint density at radius 2 is 2.35 bits per heavy atom. The Hall–Kier alpha value is -2.37. The van der Waals surface area contributed by atoms with Crippen LogP contribution >= 0.6 is 0 Å². The third-order valence-corrected chi connectivity index (χ3v) is 2.41. The highest BCUT2D eigenvalue weighted by Crippen LogP contribution is 2.22. The minimum absolute atomic E-state index is 0.0773. The molecule has 1 aliphatic rings. The predicted octanol–water partition coefficient (Wildman–Crippen LogP) is 1.20. The van der Waals surface area contributed by atoms with Gasteiger partial charge in [-0.05, 0) is 6.42 Å². The Bertz CT molecular complexity index is 488. The first-order chi connectivity index (χ1) is 8.18. The molecule has 1 aliphatic carbocycles. The molecule has 1 aromatic heterocycles. The van der Waals surface area contributed by atoms with E-state index in [1.807, 2.05) is 0 Å². The van der Waals surface area contributed by atoms with Gasteiger partial charge in [0.15, 0.2) is 5.82 Å². The van der Waals surface area contributed by atoms with Crippen LogP contribution in [0.25, 0.3) is 0 Å². The zero-order chi connectivity index (χ0) is 12.3. The third-order valence-electron chi connectivity index (χ3n) is 2.41. The van der Waals surface area contributed by atoms with Gasteiger partial charge in [0.05, 0.1) is 5.92 Å². The molecule has 1 atom stereocenters. The molecule has 6 heteroatoms. The number of hydrogen-bond acceptors (Lipinski definition) is 4. The molecule has 0 bridgehead atoms. The van der Waals surface area contributed by atoms with E-state index in [9.17, 15) is 9.59 Å². The van der Waals surface area contributed by atoms with Crippen molar-refractivity contribution in [2.75, 3.05) is 5.32 Å². The van der Waals surface area contributed by atoms with Crippen LogP contribution in [-0.4, -0.2) is 22.1 Å². The summed E-state index contributed by atoms with van der Waals surface area (Å²) in [5.74, 6) is -1.92. The summed E-state index contributed by atoms with van der Waals surface area (Å²) in [4.78, 5) is 22.8. The number of carbonyl (C=O) groups excluding carboxylic acids is 1. The maximum atomic E-state index is 11.8. The molecule has 6 nitrogen and oxygen atoms in total. The van der Waals surface area contributed by atoms with E-state index in [-0.39, 0.29) is 11.4 Å². The van der Waals surface area contributed by atoms with Gasteiger partial charge in [0.2, 0.25) is 5.91 Å². The van der Waals surface area contributed by atoms with Crippen molar-refractivity contribution >= 4 is 17.7 Å². The molecule has 2 rings (SSSR count). The summed E-state index contributed by atoms with van der Waals surface area (Å²) in [5.41, 5.74) is 0.0773. The van der Waals surface area contributed by atoms with Crippen LogP contribution < -0.4 is 5.32 Å². The van der Waals surface area contributed by atoms with Gasteiger partial charge < -0.3 is 14.9 Å². The van der Waals surface area contributed by atoms with E-state index in [1.165, 1.54) is 18.4 Å². The molecule has 1 unspecified atom stereocenters. The Kier molecular flexibility index (Phi) is 3.04. The molecule has 17 heavy (non-hydrogen) atoms. The number of aromatic nitrogens is 1. The number of nitrogens with zero attached hydrogens (tertiary/aromatic N) is 1. The summed E-state index contributed by atoms with van der Waals surface area (Å²) in [6, 6.07) is 1.49. The SMILES string of the molecule is O=C(O)C1=CC=CCC1C(=O)Nc1ccon1. The van der Waals surface area contributed by atoms with Gasteiger partial charge in [-0.15, -0.1) is 0 Å². The Morgan fingerprint density at radius 3 is 3.00 bits per heavy atom. The first kappa shape index (κ1) is 11.1. The van der Waals surface area contributed by atoms with Crippen molar-refractivity contribution in [3.05, 3.63) is 36.1 Å². The Morgan fingerprint density at radius 1 is 1.53 bits per heavy atom.